The molecule has 3 aromatic carbocycles. The molecule has 1 saturated heterocycles. The first-order chi connectivity index (χ1) is 17.1. The number of hydrogen-bond acceptors (Lipinski definition) is 5. The van der Waals surface area contributed by atoms with Gasteiger partial charge in [0, 0.05) is 19.2 Å². The van der Waals surface area contributed by atoms with Crippen LogP contribution < -0.4 is 14.2 Å². The lowest BCUT2D eigenvalue weighted by molar-refractivity contribution is -0.138. The summed E-state index contributed by atoms with van der Waals surface area (Å²) in [5, 5.41) is 9.73. The van der Waals surface area contributed by atoms with E-state index in [9.17, 15) is 14.7 Å². The van der Waals surface area contributed by atoms with Gasteiger partial charge in [-0.15, -0.1) is 0 Å². The first kappa shape index (κ1) is 22.5. The molecule has 0 bridgehead atoms. The topological polar surface area (TPSA) is 85.3 Å². The number of rotatable bonds is 6. The molecular formula is C28H25NO6. The number of carbonyl (C=O) groups excluding carboxylic acids is 1. The van der Waals surface area contributed by atoms with E-state index in [1.165, 1.54) is 5.56 Å². The van der Waals surface area contributed by atoms with Crippen molar-refractivity contribution in [2.24, 2.45) is 0 Å². The number of ether oxygens (including phenoxy) is 3. The Labute approximate surface area is 203 Å². The van der Waals surface area contributed by atoms with Gasteiger partial charge in [0.25, 0.3) is 11.7 Å². The van der Waals surface area contributed by atoms with Gasteiger partial charge in [0.15, 0.2) is 11.5 Å². The fourth-order valence-electron chi connectivity index (χ4n) is 4.36. The molecule has 178 valence electrons. The van der Waals surface area contributed by atoms with E-state index in [0.29, 0.717) is 31.4 Å². The van der Waals surface area contributed by atoms with Crippen LogP contribution in [-0.2, 0) is 16.2 Å². The highest BCUT2D eigenvalue weighted by Gasteiger charge is 2.35. The number of carboxylic acid groups (broad SMARTS) is 1. The van der Waals surface area contributed by atoms with Crippen LogP contribution in [0, 0.1) is 0 Å². The SMILES string of the molecule is O=C(O)C1=C(C(=O)N2CCC(c3ccccc3)CC2)Oc2ccc(OCc3ccccc3)cc2O1. The molecule has 2 aliphatic rings. The summed E-state index contributed by atoms with van der Waals surface area (Å²) in [6.07, 6.45) is 1.59. The third-order valence-electron chi connectivity index (χ3n) is 6.24. The molecule has 0 saturated carbocycles. The summed E-state index contributed by atoms with van der Waals surface area (Å²) in [6.45, 7) is 1.37. The summed E-state index contributed by atoms with van der Waals surface area (Å²) in [5.74, 6) is -1.35. The van der Waals surface area contributed by atoms with E-state index >= 15 is 0 Å². The maximum absolute atomic E-state index is 13.2. The summed E-state index contributed by atoms with van der Waals surface area (Å²) in [4.78, 5) is 26.8. The van der Waals surface area contributed by atoms with Crippen LogP contribution in [0.3, 0.4) is 0 Å². The van der Waals surface area contributed by atoms with Gasteiger partial charge in [-0.3, -0.25) is 4.79 Å². The molecule has 1 fully saturated rings. The largest absolute Gasteiger partial charge is 0.489 e. The molecule has 0 spiro atoms. The van der Waals surface area contributed by atoms with Crippen LogP contribution in [-0.4, -0.2) is 35.0 Å². The summed E-state index contributed by atoms with van der Waals surface area (Å²) in [5.41, 5.74) is 2.25. The van der Waals surface area contributed by atoms with Crippen molar-refractivity contribution in [3.8, 4) is 17.2 Å². The molecule has 1 N–H and O–H groups in total. The van der Waals surface area contributed by atoms with Crippen molar-refractivity contribution < 1.29 is 28.9 Å². The standard InChI is InChI=1S/C28H25NO6/c30-27(29-15-13-21(14-16-29)20-9-5-2-6-10-20)25-26(28(31)32)35-24-17-22(11-12-23(24)34-25)33-18-19-7-3-1-4-8-19/h1-12,17,21H,13-16,18H2,(H,31,32). The lowest BCUT2D eigenvalue weighted by atomic mass is 9.89. The zero-order valence-corrected chi connectivity index (χ0v) is 19.1. The van der Waals surface area contributed by atoms with Crippen LogP contribution in [0.2, 0.25) is 0 Å². The number of nitrogens with zero attached hydrogens (tertiary/aromatic N) is 1. The van der Waals surface area contributed by atoms with Gasteiger partial charge in [0.2, 0.25) is 5.76 Å². The first-order valence-corrected chi connectivity index (χ1v) is 11.6. The van der Waals surface area contributed by atoms with Crippen LogP contribution in [0.1, 0.15) is 29.9 Å². The van der Waals surface area contributed by atoms with E-state index in [1.807, 2.05) is 48.5 Å². The van der Waals surface area contributed by atoms with E-state index in [1.54, 1.807) is 23.1 Å². The van der Waals surface area contributed by atoms with Gasteiger partial charge < -0.3 is 24.2 Å². The number of likely N-dealkylation sites (tertiary alicyclic amines) is 1. The second-order valence-electron chi connectivity index (χ2n) is 8.53. The van der Waals surface area contributed by atoms with Gasteiger partial charge >= 0.3 is 5.97 Å². The van der Waals surface area contributed by atoms with Crippen molar-refractivity contribution >= 4 is 11.9 Å². The zero-order valence-electron chi connectivity index (χ0n) is 19.1. The Morgan fingerprint density at radius 1 is 0.857 bits per heavy atom. The minimum absolute atomic E-state index is 0.187. The van der Waals surface area contributed by atoms with E-state index < -0.39 is 17.6 Å². The number of fused-ring (bicyclic) bond motifs is 1. The van der Waals surface area contributed by atoms with Crippen LogP contribution in [0.25, 0.3) is 0 Å². The Bertz CT molecular complexity index is 1250. The number of aliphatic carboxylic acids is 1. The quantitative estimate of drug-likeness (QED) is 0.559. The normalized spacial score (nSPS) is 15.6. The van der Waals surface area contributed by atoms with Gasteiger partial charge in [-0.1, -0.05) is 60.7 Å². The molecule has 0 aromatic heterocycles. The van der Waals surface area contributed by atoms with Gasteiger partial charge in [0.05, 0.1) is 0 Å². The van der Waals surface area contributed by atoms with Crippen molar-refractivity contribution in [1.29, 1.82) is 0 Å². The summed E-state index contributed by atoms with van der Waals surface area (Å²) >= 11 is 0. The van der Waals surface area contributed by atoms with E-state index in [0.717, 1.165) is 18.4 Å². The zero-order chi connectivity index (χ0) is 24.2. The molecule has 35 heavy (non-hydrogen) atoms. The van der Waals surface area contributed by atoms with Gasteiger partial charge in [-0.2, -0.15) is 0 Å². The molecule has 0 aliphatic carbocycles. The van der Waals surface area contributed by atoms with Crippen LogP contribution >= 0.6 is 0 Å². The van der Waals surface area contributed by atoms with E-state index in [4.69, 9.17) is 14.2 Å². The summed E-state index contributed by atoms with van der Waals surface area (Å²) in [6, 6.07) is 24.8. The molecular weight excluding hydrogens is 446 g/mol. The summed E-state index contributed by atoms with van der Waals surface area (Å²) < 4.78 is 17.2. The second kappa shape index (κ2) is 9.93. The van der Waals surface area contributed by atoms with Crippen molar-refractivity contribution in [2.45, 2.75) is 25.4 Å². The lowest BCUT2D eigenvalue weighted by Crippen LogP contribution is -2.41. The average Bonchev–Trinajstić information content (AvgIpc) is 2.92. The Kier molecular flexibility index (Phi) is 6.39. The number of benzene rings is 3. The molecule has 3 aromatic rings. The van der Waals surface area contributed by atoms with Gasteiger partial charge in [-0.25, -0.2) is 4.79 Å². The van der Waals surface area contributed by atoms with Gasteiger partial charge in [0.1, 0.15) is 12.4 Å². The lowest BCUT2D eigenvalue weighted by Gasteiger charge is -2.33. The Morgan fingerprint density at radius 3 is 2.20 bits per heavy atom. The monoisotopic (exact) mass is 471 g/mol. The third kappa shape index (κ3) is 4.99. The Morgan fingerprint density at radius 2 is 1.51 bits per heavy atom. The van der Waals surface area contributed by atoms with Crippen LogP contribution in [0.4, 0.5) is 0 Å². The highest BCUT2D eigenvalue weighted by Crippen LogP contribution is 2.39. The smallest absolute Gasteiger partial charge is 0.376 e. The summed E-state index contributed by atoms with van der Waals surface area (Å²) in [7, 11) is 0. The fourth-order valence-corrected chi connectivity index (χ4v) is 4.36. The second-order valence-corrected chi connectivity index (χ2v) is 8.53. The first-order valence-electron chi connectivity index (χ1n) is 11.6. The Balaban J connectivity index is 1.28. The van der Waals surface area contributed by atoms with Crippen LogP contribution in [0.15, 0.2) is 90.4 Å². The molecule has 0 atom stereocenters. The van der Waals surface area contributed by atoms with E-state index in [2.05, 4.69) is 12.1 Å². The van der Waals surface area contributed by atoms with Crippen LogP contribution in [0.5, 0.6) is 17.2 Å². The number of amides is 1. The fraction of sp³-hybridized carbons (Fsp3) is 0.214. The number of piperidine rings is 1. The third-order valence-corrected chi connectivity index (χ3v) is 6.24. The van der Waals surface area contributed by atoms with E-state index in [-0.39, 0.29) is 17.3 Å². The minimum atomic E-state index is -1.37. The number of hydrogen-bond donors (Lipinski definition) is 1. The minimum Gasteiger partial charge on any atom is -0.489 e. The molecule has 1 amide bonds. The molecule has 7 heteroatoms. The highest BCUT2D eigenvalue weighted by molar-refractivity contribution is 6.00. The highest BCUT2D eigenvalue weighted by atomic mass is 16.6. The molecule has 2 heterocycles. The predicted molar refractivity (Wildman–Crippen MR) is 128 cm³/mol. The molecule has 2 aliphatic heterocycles. The van der Waals surface area contributed by atoms with Crippen molar-refractivity contribution in [3.05, 3.63) is 102 Å². The Hall–Kier alpha value is -4.26. The molecule has 7 nitrogen and oxygen atoms in total. The van der Waals surface area contributed by atoms with Crippen molar-refractivity contribution in [3.63, 3.8) is 0 Å². The molecule has 0 radical (unpaired) electrons. The van der Waals surface area contributed by atoms with Gasteiger partial charge in [-0.05, 0) is 42.0 Å². The maximum Gasteiger partial charge on any atom is 0.376 e. The number of carbonyl (C=O) groups is 2. The average molecular weight is 472 g/mol. The maximum atomic E-state index is 13.2. The predicted octanol–water partition coefficient (Wildman–Crippen LogP) is 4.74. The number of carboxylic acids is 1. The van der Waals surface area contributed by atoms with Crippen molar-refractivity contribution in [2.75, 3.05) is 13.1 Å². The molecule has 5 rings (SSSR count). The molecule has 0 unspecified atom stereocenters. The van der Waals surface area contributed by atoms with Crippen molar-refractivity contribution in [1.82, 2.24) is 4.90 Å².